The van der Waals surface area contributed by atoms with Crippen molar-refractivity contribution in [1.29, 1.82) is 0 Å². The molecule has 98 valence electrons. The molecule has 1 aliphatic rings. The minimum Gasteiger partial charge on any atom is -0.481 e. The molecule has 2 unspecified atom stereocenters. The number of rotatable bonds is 6. The molecule has 17 heavy (non-hydrogen) atoms. The van der Waals surface area contributed by atoms with Gasteiger partial charge in [-0.25, -0.2) is 0 Å². The van der Waals surface area contributed by atoms with Crippen LogP contribution in [0.3, 0.4) is 0 Å². The Balaban J connectivity index is 2.35. The van der Waals surface area contributed by atoms with Crippen LogP contribution in [0.4, 0.5) is 0 Å². The van der Waals surface area contributed by atoms with Gasteiger partial charge in [0.2, 0.25) is 5.91 Å². The third kappa shape index (κ3) is 4.02. The highest BCUT2D eigenvalue weighted by atomic mass is 16.4. The molecule has 0 bridgehead atoms. The van der Waals surface area contributed by atoms with Crippen LogP contribution in [-0.2, 0) is 9.59 Å². The zero-order valence-electron chi connectivity index (χ0n) is 10.8. The average Bonchev–Trinajstić information content (AvgIpc) is 2.77. The lowest BCUT2D eigenvalue weighted by Gasteiger charge is -2.20. The lowest BCUT2D eigenvalue weighted by Crippen LogP contribution is -2.33. The van der Waals surface area contributed by atoms with Gasteiger partial charge in [-0.1, -0.05) is 19.8 Å². The van der Waals surface area contributed by atoms with E-state index in [0.717, 1.165) is 32.2 Å². The molecule has 1 N–H and O–H groups in total. The summed E-state index contributed by atoms with van der Waals surface area (Å²) in [6.07, 6.45) is 5.22. The summed E-state index contributed by atoms with van der Waals surface area (Å²) >= 11 is 0. The van der Waals surface area contributed by atoms with Crippen LogP contribution in [0.2, 0.25) is 0 Å². The Morgan fingerprint density at radius 3 is 2.41 bits per heavy atom. The highest BCUT2D eigenvalue weighted by Crippen LogP contribution is 2.32. The topological polar surface area (TPSA) is 57.6 Å². The molecule has 0 saturated heterocycles. The molecule has 0 aromatic rings. The Kier molecular flexibility index (Phi) is 5.45. The van der Waals surface area contributed by atoms with Gasteiger partial charge in [-0.15, -0.1) is 0 Å². The number of carboxylic acids is 1. The van der Waals surface area contributed by atoms with Gasteiger partial charge in [-0.3, -0.25) is 9.59 Å². The summed E-state index contributed by atoms with van der Waals surface area (Å²) in [4.78, 5) is 24.6. The van der Waals surface area contributed by atoms with Crippen molar-refractivity contribution in [1.82, 2.24) is 4.90 Å². The summed E-state index contributed by atoms with van der Waals surface area (Å²) in [5, 5.41) is 8.90. The maximum absolute atomic E-state index is 12.0. The molecule has 1 rings (SSSR count). The van der Waals surface area contributed by atoms with Gasteiger partial charge in [-0.2, -0.15) is 0 Å². The summed E-state index contributed by atoms with van der Waals surface area (Å²) in [6.45, 7) is 2.93. The number of amides is 1. The lowest BCUT2D eigenvalue weighted by atomic mass is 10.0. The molecule has 4 nitrogen and oxygen atoms in total. The molecule has 0 radical (unpaired) electrons. The lowest BCUT2D eigenvalue weighted by molar-refractivity contribution is -0.141. The number of carboxylic acid groups (broad SMARTS) is 1. The van der Waals surface area contributed by atoms with Crippen molar-refractivity contribution in [2.24, 2.45) is 11.8 Å². The first-order valence-electron chi connectivity index (χ1n) is 6.54. The zero-order chi connectivity index (χ0) is 12.8. The van der Waals surface area contributed by atoms with E-state index >= 15 is 0 Å². The molecule has 0 aliphatic heterocycles. The van der Waals surface area contributed by atoms with Crippen molar-refractivity contribution in [2.75, 3.05) is 13.6 Å². The van der Waals surface area contributed by atoms with Crippen LogP contribution in [-0.4, -0.2) is 35.5 Å². The summed E-state index contributed by atoms with van der Waals surface area (Å²) in [5.74, 6) is -1.01. The summed E-state index contributed by atoms with van der Waals surface area (Å²) in [7, 11) is 1.83. The third-order valence-electron chi connectivity index (χ3n) is 3.60. The predicted molar refractivity (Wildman–Crippen MR) is 65.6 cm³/mol. The second-order valence-electron chi connectivity index (χ2n) is 5.01. The number of hydrogen-bond acceptors (Lipinski definition) is 2. The molecule has 0 aromatic carbocycles. The van der Waals surface area contributed by atoms with Crippen LogP contribution in [0.1, 0.15) is 45.4 Å². The Bertz CT molecular complexity index is 278. The van der Waals surface area contributed by atoms with E-state index < -0.39 is 5.97 Å². The molecule has 0 spiro atoms. The quantitative estimate of drug-likeness (QED) is 0.725. The van der Waals surface area contributed by atoms with E-state index in [2.05, 4.69) is 6.92 Å². The fourth-order valence-corrected chi connectivity index (χ4v) is 2.45. The van der Waals surface area contributed by atoms with E-state index in [4.69, 9.17) is 5.11 Å². The maximum Gasteiger partial charge on any atom is 0.306 e. The van der Waals surface area contributed by atoms with E-state index in [0.29, 0.717) is 12.8 Å². The highest BCUT2D eigenvalue weighted by Gasteiger charge is 2.34. The second-order valence-corrected chi connectivity index (χ2v) is 5.01. The van der Waals surface area contributed by atoms with Gasteiger partial charge in [0.15, 0.2) is 0 Å². The SMILES string of the molecule is CCCCCN(C)C(=O)C1CCC(C(=O)O)C1. The molecule has 4 heteroatoms. The fraction of sp³-hybridized carbons (Fsp3) is 0.846. The largest absolute Gasteiger partial charge is 0.481 e. The van der Waals surface area contributed by atoms with E-state index in [9.17, 15) is 9.59 Å². The van der Waals surface area contributed by atoms with Crippen LogP contribution >= 0.6 is 0 Å². The highest BCUT2D eigenvalue weighted by molar-refractivity contribution is 5.80. The Morgan fingerprint density at radius 2 is 1.88 bits per heavy atom. The molecule has 1 fully saturated rings. The number of unbranched alkanes of at least 4 members (excludes halogenated alkanes) is 2. The number of carbonyl (C=O) groups excluding carboxylic acids is 1. The normalized spacial score (nSPS) is 23.6. The zero-order valence-corrected chi connectivity index (χ0v) is 10.8. The standard InChI is InChI=1S/C13H23NO3/c1-3-4-5-8-14(2)12(15)10-6-7-11(9-10)13(16)17/h10-11H,3-9H2,1-2H3,(H,16,17). The number of hydrogen-bond donors (Lipinski definition) is 1. The van der Waals surface area contributed by atoms with E-state index in [1.54, 1.807) is 4.90 Å². The minimum absolute atomic E-state index is 0.0669. The first kappa shape index (κ1) is 14.0. The summed E-state index contributed by atoms with van der Waals surface area (Å²) in [5.41, 5.74) is 0. The third-order valence-corrected chi connectivity index (χ3v) is 3.60. The number of aliphatic carboxylic acids is 1. The number of nitrogens with zero attached hydrogens (tertiary/aromatic N) is 1. The fourth-order valence-electron chi connectivity index (χ4n) is 2.45. The van der Waals surface area contributed by atoms with Crippen LogP contribution < -0.4 is 0 Å². The minimum atomic E-state index is -0.756. The van der Waals surface area contributed by atoms with Gasteiger partial charge in [0, 0.05) is 19.5 Å². The molecule has 1 amide bonds. The van der Waals surface area contributed by atoms with Gasteiger partial charge < -0.3 is 10.0 Å². The first-order chi connectivity index (χ1) is 8.06. The van der Waals surface area contributed by atoms with Crippen molar-refractivity contribution in [3.8, 4) is 0 Å². The van der Waals surface area contributed by atoms with Crippen molar-refractivity contribution in [2.45, 2.75) is 45.4 Å². The van der Waals surface area contributed by atoms with Crippen molar-refractivity contribution < 1.29 is 14.7 Å². The molecular formula is C13H23NO3. The molecule has 1 aliphatic carbocycles. The Hall–Kier alpha value is -1.06. The second kappa shape index (κ2) is 6.62. The van der Waals surface area contributed by atoms with Crippen LogP contribution in [0.5, 0.6) is 0 Å². The van der Waals surface area contributed by atoms with Crippen LogP contribution in [0.15, 0.2) is 0 Å². The van der Waals surface area contributed by atoms with E-state index in [1.807, 2.05) is 7.05 Å². The monoisotopic (exact) mass is 241 g/mol. The molecule has 1 saturated carbocycles. The Morgan fingerprint density at radius 1 is 1.24 bits per heavy atom. The van der Waals surface area contributed by atoms with Gasteiger partial charge in [0.05, 0.1) is 5.92 Å². The van der Waals surface area contributed by atoms with Gasteiger partial charge in [0.25, 0.3) is 0 Å². The average molecular weight is 241 g/mol. The summed E-state index contributed by atoms with van der Waals surface area (Å²) < 4.78 is 0. The number of carbonyl (C=O) groups is 2. The van der Waals surface area contributed by atoms with Crippen molar-refractivity contribution in [3.05, 3.63) is 0 Å². The molecule has 0 aromatic heterocycles. The molecule has 2 atom stereocenters. The smallest absolute Gasteiger partial charge is 0.306 e. The van der Waals surface area contributed by atoms with Crippen LogP contribution in [0.25, 0.3) is 0 Å². The summed E-state index contributed by atoms with van der Waals surface area (Å²) in [6, 6.07) is 0. The maximum atomic E-state index is 12.0. The van der Waals surface area contributed by atoms with E-state index in [1.165, 1.54) is 0 Å². The van der Waals surface area contributed by atoms with Crippen molar-refractivity contribution in [3.63, 3.8) is 0 Å². The first-order valence-corrected chi connectivity index (χ1v) is 6.54. The van der Waals surface area contributed by atoms with Crippen molar-refractivity contribution >= 4 is 11.9 Å². The van der Waals surface area contributed by atoms with Gasteiger partial charge in [0.1, 0.15) is 0 Å². The molecular weight excluding hydrogens is 218 g/mol. The van der Waals surface area contributed by atoms with Crippen LogP contribution in [0, 0.1) is 11.8 Å². The molecule has 0 heterocycles. The van der Waals surface area contributed by atoms with Gasteiger partial charge in [-0.05, 0) is 25.7 Å². The predicted octanol–water partition coefficient (Wildman–Crippen LogP) is 2.14. The van der Waals surface area contributed by atoms with Gasteiger partial charge >= 0.3 is 5.97 Å². The Labute approximate surface area is 103 Å². The van der Waals surface area contributed by atoms with E-state index in [-0.39, 0.29) is 17.7 Å².